The van der Waals surface area contributed by atoms with E-state index in [0.717, 1.165) is 6.07 Å². The van der Waals surface area contributed by atoms with E-state index in [-0.39, 0.29) is 22.0 Å². The van der Waals surface area contributed by atoms with Gasteiger partial charge >= 0.3 is 0 Å². The SMILES string of the molecule is N#Cc1cc(NC(=O)c2cc(N)c(F)cc2F)ccc1Cl. The predicted molar refractivity (Wildman–Crippen MR) is 74.9 cm³/mol. The molecule has 0 fully saturated rings. The molecule has 0 heterocycles. The second kappa shape index (κ2) is 5.77. The molecule has 0 aliphatic rings. The molecule has 21 heavy (non-hydrogen) atoms. The third-order valence-electron chi connectivity index (χ3n) is 2.68. The minimum Gasteiger partial charge on any atom is -0.396 e. The highest BCUT2D eigenvalue weighted by Crippen LogP contribution is 2.22. The maximum atomic E-state index is 13.6. The molecule has 0 spiro atoms. The molecule has 0 saturated carbocycles. The number of rotatable bonds is 2. The zero-order valence-corrected chi connectivity index (χ0v) is 11.2. The van der Waals surface area contributed by atoms with Crippen LogP contribution in [0.4, 0.5) is 20.2 Å². The molecule has 0 aliphatic heterocycles. The first-order valence-corrected chi connectivity index (χ1v) is 6.05. The summed E-state index contributed by atoms with van der Waals surface area (Å²) >= 11 is 5.76. The Morgan fingerprint density at radius 3 is 2.62 bits per heavy atom. The van der Waals surface area contributed by atoms with Gasteiger partial charge in [-0.3, -0.25) is 4.79 Å². The molecule has 3 N–H and O–H groups in total. The topological polar surface area (TPSA) is 78.9 Å². The lowest BCUT2D eigenvalue weighted by Crippen LogP contribution is -2.15. The van der Waals surface area contributed by atoms with Gasteiger partial charge in [-0.2, -0.15) is 5.26 Å². The number of nitrogens with zero attached hydrogens (tertiary/aromatic N) is 1. The van der Waals surface area contributed by atoms with Crippen LogP contribution in [-0.2, 0) is 0 Å². The number of amides is 1. The number of halogens is 3. The van der Waals surface area contributed by atoms with Gasteiger partial charge in [0, 0.05) is 11.8 Å². The first-order valence-electron chi connectivity index (χ1n) is 5.68. The van der Waals surface area contributed by atoms with Crippen LogP contribution in [0, 0.1) is 23.0 Å². The number of carbonyl (C=O) groups is 1. The molecule has 0 unspecified atom stereocenters. The predicted octanol–water partition coefficient (Wildman–Crippen LogP) is 3.32. The van der Waals surface area contributed by atoms with Crippen molar-refractivity contribution in [1.82, 2.24) is 0 Å². The Hall–Kier alpha value is -2.65. The van der Waals surface area contributed by atoms with Gasteiger partial charge in [0.05, 0.1) is 21.8 Å². The van der Waals surface area contributed by atoms with Crippen molar-refractivity contribution in [2.45, 2.75) is 0 Å². The van der Waals surface area contributed by atoms with Crippen LogP contribution < -0.4 is 11.1 Å². The fraction of sp³-hybridized carbons (Fsp3) is 0. The molecule has 0 saturated heterocycles. The van der Waals surface area contributed by atoms with E-state index in [4.69, 9.17) is 22.6 Å². The summed E-state index contributed by atoms with van der Waals surface area (Å²) in [5, 5.41) is 11.5. The van der Waals surface area contributed by atoms with Gasteiger partial charge in [0.15, 0.2) is 0 Å². The van der Waals surface area contributed by atoms with Gasteiger partial charge in [-0.25, -0.2) is 8.78 Å². The zero-order valence-electron chi connectivity index (χ0n) is 10.5. The Morgan fingerprint density at radius 2 is 1.95 bits per heavy atom. The van der Waals surface area contributed by atoms with E-state index in [2.05, 4.69) is 5.32 Å². The molecule has 106 valence electrons. The molecule has 0 atom stereocenters. The summed E-state index contributed by atoms with van der Waals surface area (Å²) in [5.41, 5.74) is 4.98. The molecule has 2 aromatic carbocycles. The van der Waals surface area contributed by atoms with Crippen molar-refractivity contribution in [2.24, 2.45) is 0 Å². The van der Waals surface area contributed by atoms with E-state index < -0.39 is 23.1 Å². The number of nitriles is 1. The quantitative estimate of drug-likeness (QED) is 0.835. The normalized spacial score (nSPS) is 10.0. The summed E-state index contributed by atoms with van der Waals surface area (Å²) in [6.07, 6.45) is 0. The number of hydrogen-bond donors (Lipinski definition) is 2. The molecule has 4 nitrogen and oxygen atoms in total. The van der Waals surface area contributed by atoms with E-state index in [9.17, 15) is 13.6 Å². The molecule has 0 radical (unpaired) electrons. The second-order valence-electron chi connectivity index (χ2n) is 4.11. The van der Waals surface area contributed by atoms with Crippen molar-refractivity contribution >= 4 is 28.9 Å². The standard InChI is InChI=1S/C14H8ClF2N3O/c15-10-2-1-8(3-7(10)6-18)20-14(21)9-4-13(19)12(17)5-11(9)16/h1-5H,19H2,(H,20,21). The second-order valence-corrected chi connectivity index (χ2v) is 4.52. The first kappa shape index (κ1) is 14.8. The Balaban J connectivity index is 2.31. The fourth-order valence-electron chi connectivity index (χ4n) is 1.63. The van der Waals surface area contributed by atoms with E-state index in [1.165, 1.54) is 18.2 Å². The summed E-state index contributed by atoms with van der Waals surface area (Å²) in [7, 11) is 0. The smallest absolute Gasteiger partial charge is 0.258 e. The van der Waals surface area contributed by atoms with Crippen LogP contribution in [0.1, 0.15) is 15.9 Å². The van der Waals surface area contributed by atoms with Gasteiger partial charge in [0.2, 0.25) is 0 Å². The lowest BCUT2D eigenvalue weighted by Gasteiger charge is -2.08. The fourth-order valence-corrected chi connectivity index (χ4v) is 1.79. The molecule has 0 aromatic heterocycles. The van der Waals surface area contributed by atoms with Gasteiger partial charge in [-0.05, 0) is 24.3 Å². The molecule has 1 amide bonds. The lowest BCUT2D eigenvalue weighted by molar-refractivity contribution is 0.102. The molecule has 0 aliphatic carbocycles. The minimum absolute atomic E-state index is 0.161. The molecule has 7 heteroatoms. The van der Waals surface area contributed by atoms with Crippen molar-refractivity contribution in [1.29, 1.82) is 5.26 Å². The monoisotopic (exact) mass is 307 g/mol. The lowest BCUT2D eigenvalue weighted by atomic mass is 10.1. The van der Waals surface area contributed by atoms with Gasteiger partial charge in [-0.15, -0.1) is 0 Å². The Labute approximate surface area is 123 Å². The largest absolute Gasteiger partial charge is 0.396 e. The highest BCUT2D eigenvalue weighted by Gasteiger charge is 2.15. The molecular formula is C14H8ClF2N3O. The van der Waals surface area contributed by atoms with Crippen molar-refractivity contribution in [3.05, 3.63) is 58.1 Å². The van der Waals surface area contributed by atoms with Crippen molar-refractivity contribution in [3.8, 4) is 6.07 Å². The van der Waals surface area contributed by atoms with Crippen LogP contribution in [0.2, 0.25) is 5.02 Å². The summed E-state index contributed by atoms with van der Waals surface area (Å²) in [5.74, 6) is -2.79. The molecule has 2 rings (SSSR count). The van der Waals surface area contributed by atoms with Gasteiger partial charge in [0.1, 0.15) is 17.7 Å². The number of nitrogens with one attached hydrogen (secondary N) is 1. The maximum Gasteiger partial charge on any atom is 0.258 e. The number of anilines is 2. The van der Waals surface area contributed by atoms with E-state index in [1.807, 2.05) is 6.07 Å². The van der Waals surface area contributed by atoms with Crippen LogP contribution in [0.25, 0.3) is 0 Å². The van der Waals surface area contributed by atoms with Gasteiger partial charge in [-0.1, -0.05) is 11.6 Å². The van der Waals surface area contributed by atoms with Crippen LogP contribution in [0.15, 0.2) is 30.3 Å². The minimum atomic E-state index is -1.03. The summed E-state index contributed by atoms with van der Waals surface area (Å²) in [6.45, 7) is 0. The Kier molecular flexibility index (Phi) is 4.05. The van der Waals surface area contributed by atoms with E-state index in [0.29, 0.717) is 6.07 Å². The number of benzene rings is 2. The molecule has 0 bridgehead atoms. The Morgan fingerprint density at radius 1 is 1.24 bits per heavy atom. The van der Waals surface area contributed by atoms with Crippen LogP contribution in [0.3, 0.4) is 0 Å². The number of nitrogens with two attached hydrogens (primary N) is 1. The highest BCUT2D eigenvalue weighted by atomic mass is 35.5. The van der Waals surface area contributed by atoms with Crippen LogP contribution >= 0.6 is 11.6 Å². The molecule has 2 aromatic rings. The third-order valence-corrected chi connectivity index (χ3v) is 3.01. The van der Waals surface area contributed by atoms with Crippen LogP contribution in [-0.4, -0.2) is 5.91 Å². The van der Waals surface area contributed by atoms with E-state index >= 15 is 0 Å². The average Bonchev–Trinajstić information content (AvgIpc) is 2.44. The van der Waals surface area contributed by atoms with Crippen molar-refractivity contribution < 1.29 is 13.6 Å². The number of carbonyl (C=O) groups excluding carboxylic acids is 1. The highest BCUT2D eigenvalue weighted by molar-refractivity contribution is 6.31. The maximum absolute atomic E-state index is 13.6. The van der Waals surface area contributed by atoms with Gasteiger partial charge < -0.3 is 11.1 Å². The van der Waals surface area contributed by atoms with Crippen LogP contribution in [0.5, 0.6) is 0 Å². The van der Waals surface area contributed by atoms with Crippen molar-refractivity contribution in [3.63, 3.8) is 0 Å². The summed E-state index contributed by atoms with van der Waals surface area (Å²) in [4.78, 5) is 11.9. The summed E-state index contributed by atoms with van der Waals surface area (Å²) < 4.78 is 26.6. The zero-order chi connectivity index (χ0) is 15.6. The van der Waals surface area contributed by atoms with Crippen molar-refractivity contribution in [2.75, 3.05) is 11.1 Å². The third kappa shape index (κ3) is 3.09. The van der Waals surface area contributed by atoms with Gasteiger partial charge in [0.25, 0.3) is 5.91 Å². The number of hydrogen-bond acceptors (Lipinski definition) is 3. The van der Waals surface area contributed by atoms with E-state index in [1.54, 1.807) is 0 Å². The Bertz CT molecular complexity index is 772. The molecular weight excluding hydrogens is 300 g/mol. The summed E-state index contributed by atoms with van der Waals surface area (Å²) in [6, 6.07) is 7.50. The first-order chi connectivity index (χ1) is 9.92. The average molecular weight is 308 g/mol. The number of nitrogen functional groups attached to an aromatic ring is 1.